The number of hydrogen-bond acceptors (Lipinski definition) is 3. The second kappa shape index (κ2) is 9.13. The summed E-state index contributed by atoms with van der Waals surface area (Å²) in [4.78, 5) is 14.3. The molecule has 0 aliphatic carbocycles. The van der Waals surface area contributed by atoms with Crippen LogP contribution in [0.4, 0.5) is 10.5 Å². The van der Waals surface area contributed by atoms with Crippen LogP contribution in [0, 0.1) is 12.8 Å². The van der Waals surface area contributed by atoms with E-state index in [1.807, 2.05) is 37.3 Å². The summed E-state index contributed by atoms with van der Waals surface area (Å²) in [6, 6.07) is 18.2. The summed E-state index contributed by atoms with van der Waals surface area (Å²) < 4.78 is 5.68. The second-order valence-corrected chi connectivity index (χ2v) is 6.69. The van der Waals surface area contributed by atoms with Crippen LogP contribution in [0.3, 0.4) is 0 Å². The van der Waals surface area contributed by atoms with Gasteiger partial charge in [0.1, 0.15) is 12.4 Å². The largest absolute Gasteiger partial charge is 0.491 e. The first-order chi connectivity index (χ1) is 12.7. The molecule has 0 spiro atoms. The number of carbonyl (C=O) groups is 1. The van der Waals surface area contributed by atoms with Crippen molar-refractivity contribution >= 4 is 11.7 Å². The zero-order valence-electron chi connectivity index (χ0n) is 15.3. The fraction of sp³-hybridized carbons (Fsp3) is 0.381. The number of nitrogens with zero attached hydrogens (tertiary/aromatic N) is 1. The molecule has 1 aliphatic heterocycles. The third-order valence-electron chi connectivity index (χ3n) is 4.70. The molecular formula is C21H27N3O2. The summed E-state index contributed by atoms with van der Waals surface area (Å²) in [5, 5.41) is 5.82. The van der Waals surface area contributed by atoms with Gasteiger partial charge < -0.3 is 20.3 Å². The summed E-state index contributed by atoms with van der Waals surface area (Å²) in [5.74, 6) is 1.35. The first kappa shape index (κ1) is 18.1. The van der Waals surface area contributed by atoms with Gasteiger partial charge >= 0.3 is 6.03 Å². The van der Waals surface area contributed by atoms with Crippen molar-refractivity contribution in [1.82, 2.24) is 10.6 Å². The van der Waals surface area contributed by atoms with E-state index in [2.05, 4.69) is 39.8 Å². The molecule has 1 unspecified atom stereocenters. The SMILES string of the molecule is Cc1ccccc1OCCNC(=O)NCC1CCN(c2ccccc2)C1. The second-order valence-electron chi connectivity index (χ2n) is 6.69. The number of anilines is 1. The number of para-hydroxylation sites is 2. The van der Waals surface area contributed by atoms with Crippen LogP contribution in [0.5, 0.6) is 5.75 Å². The molecule has 138 valence electrons. The molecule has 1 heterocycles. The van der Waals surface area contributed by atoms with Crippen molar-refractivity contribution in [3.8, 4) is 5.75 Å². The summed E-state index contributed by atoms with van der Waals surface area (Å²) in [6.45, 7) is 5.69. The summed E-state index contributed by atoms with van der Waals surface area (Å²) in [6.07, 6.45) is 1.10. The maximum absolute atomic E-state index is 11.9. The number of urea groups is 1. The predicted molar refractivity (Wildman–Crippen MR) is 105 cm³/mol. The molecule has 2 aromatic carbocycles. The van der Waals surface area contributed by atoms with E-state index in [0.717, 1.165) is 30.8 Å². The van der Waals surface area contributed by atoms with Gasteiger partial charge in [0.05, 0.1) is 6.54 Å². The highest BCUT2D eigenvalue weighted by Gasteiger charge is 2.22. The highest BCUT2D eigenvalue weighted by atomic mass is 16.5. The van der Waals surface area contributed by atoms with Gasteiger partial charge in [0.15, 0.2) is 0 Å². The van der Waals surface area contributed by atoms with E-state index in [4.69, 9.17) is 4.74 Å². The van der Waals surface area contributed by atoms with E-state index in [1.54, 1.807) is 0 Å². The van der Waals surface area contributed by atoms with Crippen molar-refractivity contribution in [1.29, 1.82) is 0 Å². The Balaban J connectivity index is 1.30. The lowest BCUT2D eigenvalue weighted by atomic mass is 10.1. The number of carbonyl (C=O) groups excluding carboxylic acids is 1. The van der Waals surface area contributed by atoms with Crippen molar-refractivity contribution in [3.63, 3.8) is 0 Å². The van der Waals surface area contributed by atoms with Crippen LogP contribution >= 0.6 is 0 Å². The van der Waals surface area contributed by atoms with Crippen LogP contribution < -0.4 is 20.3 Å². The van der Waals surface area contributed by atoms with Crippen molar-refractivity contribution in [2.75, 3.05) is 37.7 Å². The average molecular weight is 353 g/mol. The number of ether oxygens (including phenoxy) is 1. The monoisotopic (exact) mass is 353 g/mol. The molecule has 0 saturated carbocycles. The molecule has 1 aliphatic rings. The van der Waals surface area contributed by atoms with Crippen molar-refractivity contribution in [3.05, 3.63) is 60.2 Å². The minimum absolute atomic E-state index is 0.128. The smallest absolute Gasteiger partial charge is 0.314 e. The Morgan fingerprint density at radius 2 is 1.88 bits per heavy atom. The van der Waals surface area contributed by atoms with Gasteiger partial charge in [0.2, 0.25) is 0 Å². The van der Waals surface area contributed by atoms with Crippen LogP contribution in [0.2, 0.25) is 0 Å². The first-order valence-corrected chi connectivity index (χ1v) is 9.22. The van der Waals surface area contributed by atoms with E-state index >= 15 is 0 Å². The van der Waals surface area contributed by atoms with E-state index < -0.39 is 0 Å². The molecule has 1 fully saturated rings. The maximum Gasteiger partial charge on any atom is 0.314 e. The minimum atomic E-state index is -0.128. The Morgan fingerprint density at radius 3 is 2.69 bits per heavy atom. The highest BCUT2D eigenvalue weighted by Crippen LogP contribution is 2.22. The number of benzene rings is 2. The molecule has 0 radical (unpaired) electrons. The van der Waals surface area contributed by atoms with Gasteiger partial charge in [0.25, 0.3) is 0 Å². The predicted octanol–water partition coefficient (Wildman–Crippen LogP) is 3.20. The molecule has 1 saturated heterocycles. The lowest BCUT2D eigenvalue weighted by Crippen LogP contribution is -2.40. The molecular weight excluding hydrogens is 326 g/mol. The normalized spacial score (nSPS) is 16.3. The van der Waals surface area contributed by atoms with Gasteiger partial charge in [-0.1, -0.05) is 36.4 Å². The Morgan fingerprint density at radius 1 is 1.12 bits per heavy atom. The maximum atomic E-state index is 11.9. The minimum Gasteiger partial charge on any atom is -0.491 e. The lowest BCUT2D eigenvalue weighted by molar-refractivity contribution is 0.235. The zero-order chi connectivity index (χ0) is 18.2. The number of hydrogen-bond donors (Lipinski definition) is 2. The average Bonchev–Trinajstić information content (AvgIpc) is 3.15. The fourth-order valence-corrected chi connectivity index (χ4v) is 3.22. The highest BCUT2D eigenvalue weighted by molar-refractivity contribution is 5.73. The van der Waals surface area contributed by atoms with E-state index in [-0.39, 0.29) is 6.03 Å². The quantitative estimate of drug-likeness (QED) is 0.752. The zero-order valence-corrected chi connectivity index (χ0v) is 15.3. The van der Waals surface area contributed by atoms with E-state index in [9.17, 15) is 4.79 Å². The summed E-state index contributed by atoms with van der Waals surface area (Å²) >= 11 is 0. The van der Waals surface area contributed by atoms with Crippen LogP contribution in [0.25, 0.3) is 0 Å². The number of nitrogens with one attached hydrogen (secondary N) is 2. The van der Waals surface area contributed by atoms with Gasteiger partial charge in [-0.3, -0.25) is 0 Å². The van der Waals surface area contributed by atoms with Gasteiger partial charge in [-0.15, -0.1) is 0 Å². The molecule has 2 aromatic rings. The van der Waals surface area contributed by atoms with Gasteiger partial charge in [-0.05, 0) is 43.0 Å². The number of rotatable bonds is 7. The fourth-order valence-electron chi connectivity index (χ4n) is 3.22. The van der Waals surface area contributed by atoms with Crippen LogP contribution in [-0.2, 0) is 0 Å². The molecule has 0 bridgehead atoms. The third kappa shape index (κ3) is 5.15. The van der Waals surface area contributed by atoms with Crippen molar-refractivity contribution < 1.29 is 9.53 Å². The lowest BCUT2D eigenvalue weighted by Gasteiger charge is -2.18. The Kier molecular flexibility index (Phi) is 6.36. The number of aryl methyl sites for hydroxylation is 1. The van der Waals surface area contributed by atoms with Crippen LogP contribution in [0.1, 0.15) is 12.0 Å². The van der Waals surface area contributed by atoms with Gasteiger partial charge in [-0.2, -0.15) is 0 Å². The summed E-state index contributed by atoms with van der Waals surface area (Å²) in [5.41, 5.74) is 2.36. The number of amides is 2. The van der Waals surface area contributed by atoms with Crippen molar-refractivity contribution in [2.24, 2.45) is 5.92 Å². The molecule has 26 heavy (non-hydrogen) atoms. The Labute approximate surface area is 155 Å². The summed E-state index contributed by atoms with van der Waals surface area (Å²) in [7, 11) is 0. The topological polar surface area (TPSA) is 53.6 Å². The van der Waals surface area contributed by atoms with Crippen LogP contribution in [0.15, 0.2) is 54.6 Å². The van der Waals surface area contributed by atoms with Gasteiger partial charge in [-0.25, -0.2) is 4.79 Å². The molecule has 0 aromatic heterocycles. The Bertz CT molecular complexity index is 705. The molecule has 5 nitrogen and oxygen atoms in total. The molecule has 2 amide bonds. The van der Waals surface area contributed by atoms with Crippen molar-refractivity contribution in [2.45, 2.75) is 13.3 Å². The van der Waals surface area contributed by atoms with Crippen LogP contribution in [-0.4, -0.2) is 38.8 Å². The molecule has 3 rings (SSSR count). The third-order valence-corrected chi connectivity index (χ3v) is 4.70. The first-order valence-electron chi connectivity index (χ1n) is 9.22. The molecule has 2 N–H and O–H groups in total. The Hall–Kier alpha value is -2.69. The molecule has 1 atom stereocenters. The van der Waals surface area contributed by atoms with Gasteiger partial charge in [0, 0.05) is 25.3 Å². The standard InChI is InChI=1S/C21H27N3O2/c1-17-7-5-6-10-20(17)26-14-12-22-21(25)23-15-18-11-13-24(16-18)19-8-3-2-4-9-19/h2-10,18H,11-16H2,1H3,(H2,22,23,25). The van der Waals surface area contributed by atoms with E-state index in [1.165, 1.54) is 5.69 Å². The van der Waals surface area contributed by atoms with E-state index in [0.29, 0.717) is 25.6 Å². The molecule has 5 heteroatoms.